The minimum atomic E-state index is -0.139. The third-order valence-electron chi connectivity index (χ3n) is 7.33. The largest absolute Gasteiger partial charge is 0.352 e. The van der Waals surface area contributed by atoms with Crippen LogP contribution in [0.1, 0.15) is 120 Å². The van der Waals surface area contributed by atoms with Crippen molar-refractivity contribution in [1.29, 1.82) is 0 Å². The highest BCUT2D eigenvalue weighted by molar-refractivity contribution is 5.76. The molecule has 1 amide bonds. The molecule has 1 saturated carbocycles. The lowest BCUT2D eigenvalue weighted by Crippen LogP contribution is -2.41. The van der Waals surface area contributed by atoms with Gasteiger partial charge in [-0.15, -0.1) is 0 Å². The third-order valence-corrected chi connectivity index (χ3v) is 7.33. The van der Waals surface area contributed by atoms with E-state index in [0.29, 0.717) is 17.3 Å². The average Bonchev–Trinajstić information content (AvgIpc) is 3.07. The Kier molecular flexibility index (Phi) is 7.96. The highest BCUT2D eigenvalue weighted by atomic mass is 16.1. The van der Waals surface area contributed by atoms with Crippen LogP contribution in [0.4, 0.5) is 0 Å². The normalized spacial score (nSPS) is 28.9. The van der Waals surface area contributed by atoms with Gasteiger partial charge in [-0.3, -0.25) is 4.79 Å². The molecule has 0 aromatic rings. The fraction of sp³-hybridized carbons (Fsp3) is 0.893. The molecule has 2 bridgehead atoms. The molecule has 2 nitrogen and oxygen atoms in total. The van der Waals surface area contributed by atoms with Gasteiger partial charge in [0.25, 0.3) is 0 Å². The average molecular weight is 418 g/mol. The molecule has 4 atom stereocenters. The second-order valence-electron chi connectivity index (χ2n) is 13.9. The Balaban J connectivity index is 2.06. The zero-order chi connectivity index (χ0) is 22.8. The molecule has 30 heavy (non-hydrogen) atoms. The highest BCUT2D eigenvalue weighted by Crippen LogP contribution is 2.61. The van der Waals surface area contributed by atoms with Gasteiger partial charge in [-0.25, -0.2) is 0 Å². The van der Waals surface area contributed by atoms with Crippen molar-refractivity contribution in [2.75, 3.05) is 0 Å². The van der Waals surface area contributed by atoms with Gasteiger partial charge in [-0.05, 0) is 93.3 Å². The SMILES string of the molecule is CC(C)(C)CCCC1C2C=CC(CCC(=O)NC(C)(C)C)(C2)C1CCCC(C)(C)C. The van der Waals surface area contributed by atoms with Crippen molar-refractivity contribution in [2.24, 2.45) is 34.0 Å². The monoisotopic (exact) mass is 417 g/mol. The summed E-state index contributed by atoms with van der Waals surface area (Å²) in [6.45, 7) is 20.4. The van der Waals surface area contributed by atoms with Gasteiger partial charge in [0.1, 0.15) is 0 Å². The van der Waals surface area contributed by atoms with E-state index < -0.39 is 0 Å². The predicted octanol–water partition coefficient (Wildman–Crippen LogP) is 7.92. The summed E-state index contributed by atoms with van der Waals surface area (Å²) in [7, 11) is 0. The van der Waals surface area contributed by atoms with Crippen molar-refractivity contribution in [3.05, 3.63) is 12.2 Å². The number of carbonyl (C=O) groups is 1. The molecule has 1 N–H and O–H groups in total. The summed E-state index contributed by atoms with van der Waals surface area (Å²) in [5, 5.41) is 3.18. The van der Waals surface area contributed by atoms with E-state index in [-0.39, 0.29) is 16.9 Å². The van der Waals surface area contributed by atoms with E-state index in [1.54, 1.807) is 0 Å². The Labute approximate surface area is 188 Å². The molecule has 4 unspecified atom stereocenters. The van der Waals surface area contributed by atoms with Gasteiger partial charge in [0.05, 0.1) is 0 Å². The molecule has 2 rings (SSSR count). The van der Waals surface area contributed by atoms with Crippen molar-refractivity contribution in [2.45, 2.75) is 126 Å². The maximum atomic E-state index is 12.6. The smallest absolute Gasteiger partial charge is 0.220 e. The van der Waals surface area contributed by atoms with Crippen molar-refractivity contribution < 1.29 is 4.79 Å². The quantitative estimate of drug-likeness (QED) is 0.379. The summed E-state index contributed by atoms with van der Waals surface area (Å²) in [6.07, 6.45) is 16.0. The van der Waals surface area contributed by atoms with Crippen LogP contribution in [0, 0.1) is 34.0 Å². The molecule has 0 heterocycles. The molecule has 1 fully saturated rings. The first-order valence-electron chi connectivity index (χ1n) is 12.6. The Morgan fingerprint density at radius 3 is 2.03 bits per heavy atom. The molecule has 174 valence electrons. The molecular formula is C28H51NO. The minimum Gasteiger partial charge on any atom is -0.352 e. The number of rotatable bonds is 9. The molecule has 2 aliphatic rings. The summed E-state index contributed by atoms with van der Waals surface area (Å²) < 4.78 is 0. The van der Waals surface area contributed by atoms with E-state index in [2.05, 4.69) is 79.8 Å². The Morgan fingerprint density at radius 2 is 1.50 bits per heavy atom. The van der Waals surface area contributed by atoms with E-state index in [1.165, 1.54) is 44.9 Å². The fourth-order valence-electron chi connectivity index (χ4n) is 6.02. The van der Waals surface area contributed by atoms with Gasteiger partial charge < -0.3 is 5.32 Å². The van der Waals surface area contributed by atoms with Crippen LogP contribution in [0.2, 0.25) is 0 Å². The zero-order valence-corrected chi connectivity index (χ0v) is 21.7. The summed E-state index contributed by atoms with van der Waals surface area (Å²) >= 11 is 0. The van der Waals surface area contributed by atoms with E-state index >= 15 is 0 Å². The number of hydrogen-bond donors (Lipinski definition) is 1. The van der Waals surface area contributed by atoms with Crippen LogP contribution in [0.3, 0.4) is 0 Å². The molecule has 0 radical (unpaired) electrons. The molecule has 0 aromatic carbocycles. The number of nitrogens with one attached hydrogen (secondary N) is 1. The van der Waals surface area contributed by atoms with Crippen LogP contribution in [-0.2, 0) is 4.79 Å². The Bertz CT molecular complexity index is 598. The van der Waals surface area contributed by atoms with Gasteiger partial charge in [-0.1, -0.05) is 66.5 Å². The number of hydrogen-bond acceptors (Lipinski definition) is 1. The first kappa shape index (κ1) is 25.5. The van der Waals surface area contributed by atoms with Crippen LogP contribution >= 0.6 is 0 Å². The molecule has 2 aliphatic carbocycles. The molecule has 0 saturated heterocycles. The van der Waals surface area contributed by atoms with Crippen LogP contribution in [0.25, 0.3) is 0 Å². The van der Waals surface area contributed by atoms with E-state index in [4.69, 9.17) is 0 Å². The lowest BCUT2D eigenvalue weighted by atomic mass is 9.67. The number of carbonyl (C=O) groups excluding carboxylic acids is 1. The molecule has 0 aliphatic heterocycles. The number of fused-ring (bicyclic) bond motifs is 2. The Hall–Kier alpha value is -0.790. The molecule has 0 spiro atoms. The van der Waals surface area contributed by atoms with Gasteiger partial charge >= 0.3 is 0 Å². The topological polar surface area (TPSA) is 29.1 Å². The summed E-state index contributed by atoms with van der Waals surface area (Å²) in [4.78, 5) is 12.6. The van der Waals surface area contributed by atoms with Gasteiger partial charge in [-0.2, -0.15) is 0 Å². The number of allylic oxidation sites excluding steroid dienone is 2. The second-order valence-corrected chi connectivity index (χ2v) is 13.9. The van der Waals surface area contributed by atoms with Crippen molar-refractivity contribution in [3.8, 4) is 0 Å². The third kappa shape index (κ3) is 7.72. The zero-order valence-electron chi connectivity index (χ0n) is 21.7. The van der Waals surface area contributed by atoms with Crippen LogP contribution in [-0.4, -0.2) is 11.4 Å². The van der Waals surface area contributed by atoms with Crippen molar-refractivity contribution in [3.63, 3.8) is 0 Å². The van der Waals surface area contributed by atoms with E-state index in [0.717, 1.165) is 24.2 Å². The molecule has 0 aromatic heterocycles. The van der Waals surface area contributed by atoms with Crippen LogP contribution < -0.4 is 5.32 Å². The first-order valence-corrected chi connectivity index (χ1v) is 12.6. The predicted molar refractivity (Wildman–Crippen MR) is 130 cm³/mol. The lowest BCUT2D eigenvalue weighted by Gasteiger charge is -2.38. The van der Waals surface area contributed by atoms with E-state index in [9.17, 15) is 4.79 Å². The molecule has 2 heteroatoms. The van der Waals surface area contributed by atoms with Gasteiger partial charge in [0, 0.05) is 12.0 Å². The molecular weight excluding hydrogens is 366 g/mol. The highest BCUT2D eigenvalue weighted by Gasteiger charge is 2.53. The van der Waals surface area contributed by atoms with Crippen molar-refractivity contribution in [1.82, 2.24) is 5.32 Å². The standard InChI is InChI=1S/C28H51NO/c1-25(2,3)16-10-12-22-21-14-18-28(20-21,19-15-24(30)29-27(7,8)9)23(22)13-11-17-26(4,5)6/h14,18,21-23H,10-13,15-17,19-20H2,1-9H3,(H,29,30). The van der Waals surface area contributed by atoms with Gasteiger partial charge in [0.15, 0.2) is 0 Å². The number of amides is 1. The fourth-order valence-corrected chi connectivity index (χ4v) is 6.02. The summed E-state index contributed by atoms with van der Waals surface area (Å²) in [6, 6.07) is 0. The second kappa shape index (κ2) is 9.37. The lowest BCUT2D eigenvalue weighted by molar-refractivity contribution is -0.123. The summed E-state index contributed by atoms with van der Waals surface area (Å²) in [5.41, 5.74) is 0.969. The van der Waals surface area contributed by atoms with E-state index in [1.807, 2.05) is 0 Å². The van der Waals surface area contributed by atoms with Crippen LogP contribution in [0.15, 0.2) is 12.2 Å². The Morgan fingerprint density at radius 1 is 0.933 bits per heavy atom. The van der Waals surface area contributed by atoms with Crippen LogP contribution in [0.5, 0.6) is 0 Å². The maximum Gasteiger partial charge on any atom is 0.220 e. The minimum absolute atomic E-state index is 0.139. The first-order chi connectivity index (χ1) is 13.6. The summed E-state index contributed by atoms with van der Waals surface area (Å²) in [5.74, 6) is 2.55. The van der Waals surface area contributed by atoms with Crippen molar-refractivity contribution >= 4 is 5.91 Å². The maximum absolute atomic E-state index is 12.6. The van der Waals surface area contributed by atoms with Gasteiger partial charge in [0.2, 0.25) is 5.91 Å².